The van der Waals surface area contributed by atoms with E-state index in [1.807, 2.05) is 30.3 Å². The van der Waals surface area contributed by atoms with Gasteiger partial charge in [0.15, 0.2) is 0 Å². The summed E-state index contributed by atoms with van der Waals surface area (Å²) in [5.41, 5.74) is 1.31. The first-order chi connectivity index (χ1) is 11.9. The van der Waals surface area contributed by atoms with E-state index in [4.69, 9.17) is 4.42 Å². The number of imidazole rings is 1. The summed E-state index contributed by atoms with van der Waals surface area (Å²) >= 11 is 0. The van der Waals surface area contributed by atoms with Gasteiger partial charge < -0.3 is 14.4 Å². The van der Waals surface area contributed by atoms with E-state index in [-0.39, 0.29) is 10.6 Å². The first-order valence-corrected chi connectivity index (χ1v) is 9.13. The number of benzene rings is 2. The predicted molar refractivity (Wildman–Crippen MR) is 93.9 cm³/mol. The van der Waals surface area contributed by atoms with Gasteiger partial charge in [0, 0.05) is 5.39 Å². The van der Waals surface area contributed by atoms with E-state index in [0.29, 0.717) is 22.4 Å². The monoisotopic (exact) mass is 357 g/mol. The van der Waals surface area contributed by atoms with Crippen LogP contribution in [-0.2, 0) is 10.0 Å². The van der Waals surface area contributed by atoms with Crippen LogP contribution in [0.3, 0.4) is 0 Å². The highest BCUT2D eigenvalue weighted by Gasteiger charge is 2.21. The van der Waals surface area contributed by atoms with Gasteiger partial charge in [-0.05, 0) is 37.3 Å². The van der Waals surface area contributed by atoms with E-state index < -0.39 is 16.1 Å². The van der Waals surface area contributed by atoms with Crippen LogP contribution in [0.1, 0.15) is 18.7 Å². The molecule has 0 bridgehead atoms. The highest BCUT2D eigenvalue weighted by molar-refractivity contribution is 7.89. The van der Waals surface area contributed by atoms with Crippen molar-refractivity contribution >= 4 is 32.0 Å². The molecule has 2 heterocycles. The maximum absolute atomic E-state index is 12.6. The molecule has 0 saturated carbocycles. The van der Waals surface area contributed by atoms with Crippen molar-refractivity contribution in [2.45, 2.75) is 17.9 Å². The van der Waals surface area contributed by atoms with Crippen LogP contribution in [0.25, 0.3) is 22.0 Å². The van der Waals surface area contributed by atoms with Gasteiger partial charge in [-0.1, -0.05) is 18.2 Å². The quantitative estimate of drug-likeness (QED) is 0.522. The van der Waals surface area contributed by atoms with Crippen molar-refractivity contribution in [3.8, 4) is 0 Å². The van der Waals surface area contributed by atoms with Crippen molar-refractivity contribution in [3.05, 3.63) is 64.8 Å². The second kappa shape index (κ2) is 5.61. The molecule has 2 aromatic carbocycles. The van der Waals surface area contributed by atoms with Crippen molar-refractivity contribution in [3.63, 3.8) is 0 Å². The number of hydrogen-bond acceptors (Lipinski definition) is 4. The second-order valence-electron chi connectivity index (χ2n) is 5.82. The highest BCUT2D eigenvalue weighted by atomic mass is 32.2. The molecule has 25 heavy (non-hydrogen) atoms. The van der Waals surface area contributed by atoms with Crippen molar-refractivity contribution in [1.82, 2.24) is 14.7 Å². The Morgan fingerprint density at radius 1 is 1.04 bits per heavy atom. The Bertz CT molecular complexity index is 1200. The molecule has 4 rings (SSSR count). The minimum Gasteiger partial charge on any atom is -0.459 e. The zero-order valence-corrected chi connectivity index (χ0v) is 14.1. The fraction of sp³-hybridized carbons (Fsp3) is 0.118. The molecule has 7 nitrogen and oxygen atoms in total. The summed E-state index contributed by atoms with van der Waals surface area (Å²) in [4.78, 5) is 16.5. The third-order valence-electron chi connectivity index (χ3n) is 4.00. The van der Waals surface area contributed by atoms with E-state index >= 15 is 0 Å². The minimum atomic E-state index is -3.77. The molecule has 0 amide bonds. The van der Waals surface area contributed by atoms with Crippen LogP contribution < -0.4 is 10.4 Å². The van der Waals surface area contributed by atoms with Gasteiger partial charge in [0.05, 0.1) is 22.0 Å². The van der Waals surface area contributed by atoms with Crippen LogP contribution in [0.2, 0.25) is 0 Å². The molecule has 0 radical (unpaired) electrons. The number of aromatic nitrogens is 2. The molecule has 0 saturated heterocycles. The Morgan fingerprint density at radius 2 is 1.80 bits per heavy atom. The van der Waals surface area contributed by atoms with E-state index in [1.54, 1.807) is 13.0 Å². The number of fused-ring (bicyclic) bond motifs is 2. The van der Waals surface area contributed by atoms with E-state index in [9.17, 15) is 13.2 Å². The molecule has 2 aromatic heterocycles. The molecule has 1 atom stereocenters. The van der Waals surface area contributed by atoms with E-state index in [0.717, 1.165) is 5.39 Å². The van der Waals surface area contributed by atoms with Gasteiger partial charge in [-0.3, -0.25) is 0 Å². The summed E-state index contributed by atoms with van der Waals surface area (Å²) < 4.78 is 33.6. The average molecular weight is 357 g/mol. The molecule has 0 fully saturated rings. The molecule has 128 valence electrons. The topological polar surface area (TPSA) is 108 Å². The zero-order valence-electron chi connectivity index (χ0n) is 13.2. The molecule has 0 spiro atoms. The van der Waals surface area contributed by atoms with E-state index in [2.05, 4.69) is 14.7 Å². The summed E-state index contributed by atoms with van der Waals surface area (Å²) in [5.74, 6) is 0.529. The van der Waals surface area contributed by atoms with Crippen molar-refractivity contribution in [2.75, 3.05) is 0 Å². The van der Waals surface area contributed by atoms with Crippen molar-refractivity contribution in [2.24, 2.45) is 0 Å². The van der Waals surface area contributed by atoms with Gasteiger partial charge in [-0.2, -0.15) is 0 Å². The van der Waals surface area contributed by atoms with Gasteiger partial charge in [-0.25, -0.2) is 17.9 Å². The fourth-order valence-corrected chi connectivity index (χ4v) is 3.99. The summed E-state index contributed by atoms with van der Waals surface area (Å²) in [5, 5.41) is 0.912. The number of aromatic amines is 2. The third-order valence-corrected chi connectivity index (χ3v) is 5.54. The molecule has 0 aliphatic rings. The third kappa shape index (κ3) is 2.86. The standard InChI is InChI=1S/C17H15N3O4S/c1-10(16-8-11-4-2-3-5-15(11)24-16)20-25(22,23)12-6-7-13-14(9-12)19-17(21)18-13/h2-10,20H,1H3,(H2,18,19,21)/t10-/m1/s1. The van der Waals surface area contributed by atoms with Crippen molar-refractivity contribution < 1.29 is 12.8 Å². The normalized spacial score (nSPS) is 13.5. The van der Waals surface area contributed by atoms with Crippen LogP contribution in [0, 0.1) is 0 Å². The van der Waals surface area contributed by atoms with Gasteiger partial charge >= 0.3 is 5.69 Å². The molecule has 0 aliphatic carbocycles. The summed E-state index contributed by atoms with van der Waals surface area (Å²) in [6.45, 7) is 1.71. The number of sulfonamides is 1. The van der Waals surface area contributed by atoms with Gasteiger partial charge in [-0.15, -0.1) is 0 Å². The summed E-state index contributed by atoms with van der Waals surface area (Å²) in [6.07, 6.45) is 0. The van der Waals surface area contributed by atoms with Gasteiger partial charge in [0.1, 0.15) is 11.3 Å². The number of rotatable bonds is 4. The number of nitrogens with one attached hydrogen (secondary N) is 3. The smallest absolute Gasteiger partial charge is 0.323 e. The summed E-state index contributed by atoms with van der Waals surface area (Å²) in [7, 11) is -3.77. The first kappa shape index (κ1) is 15.7. The maximum Gasteiger partial charge on any atom is 0.323 e. The molecule has 8 heteroatoms. The van der Waals surface area contributed by atoms with E-state index in [1.165, 1.54) is 12.1 Å². The lowest BCUT2D eigenvalue weighted by atomic mass is 10.2. The lowest BCUT2D eigenvalue weighted by Crippen LogP contribution is -2.26. The molecular formula is C17H15N3O4S. The van der Waals surface area contributed by atoms with Crippen molar-refractivity contribution in [1.29, 1.82) is 0 Å². The lowest BCUT2D eigenvalue weighted by Gasteiger charge is -2.12. The average Bonchev–Trinajstić information content (AvgIpc) is 3.15. The summed E-state index contributed by atoms with van der Waals surface area (Å²) in [6, 6.07) is 13.2. The Hall–Kier alpha value is -2.84. The number of furan rings is 1. The van der Waals surface area contributed by atoms with Crippen LogP contribution in [0.15, 0.2) is 62.6 Å². The van der Waals surface area contributed by atoms with Gasteiger partial charge in [0.2, 0.25) is 10.0 Å². The minimum absolute atomic E-state index is 0.0678. The number of hydrogen-bond donors (Lipinski definition) is 3. The maximum atomic E-state index is 12.6. The fourth-order valence-electron chi connectivity index (χ4n) is 2.75. The molecule has 4 aromatic rings. The molecule has 0 unspecified atom stereocenters. The Kier molecular flexibility index (Phi) is 3.52. The van der Waals surface area contributed by atoms with Crippen LogP contribution in [0.5, 0.6) is 0 Å². The van der Waals surface area contributed by atoms with Crippen LogP contribution >= 0.6 is 0 Å². The van der Waals surface area contributed by atoms with Gasteiger partial charge in [0.25, 0.3) is 0 Å². The van der Waals surface area contributed by atoms with Crippen LogP contribution in [-0.4, -0.2) is 18.4 Å². The number of H-pyrrole nitrogens is 2. The predicted octanol–water partition coefficient (Wildman–Crippen LogP) is 2.64. The lowest BCUT2D eigenvalue weighted by molar-refractivity contribution is 0.484. The SMILES string of the molecule is C[C@@H](NS(=O)(=O)c1ccc2[nH]c(=O)[nH]c2c1)c1cc2ccccc2o1. The molecule has 3 N–H and O–H groups in total. The largest absolute Gasteiger partial charge is 0.459 e. The molecular weight excluding hydrogens is 342 g/mol. The second-order valence-corrected chi connectivity index (χ2v) is 7.53. The molecule has 0 aliphatic heterocycles. The first-order valence-electron chi connectivity index (χ1n) is 7.65. The number of para-hydroxylation sites is 1. The highest BCUT2D eigenvalue weighted by Crippen LogP contribution is 2.25. The van der Waals surface area contributed by atoms with Crippen LogP contribution in [0.4, 0.5) is 0 Å². The zero-order chi connectivity index (χ0) is 17.6. The Labute approximate surface area is 142 Å². The Morgan fingerprint density at radius 3 is 2.60 bits per heavy atom. The Balaban J connectivity index is 1.65.